The molecular formula is C64H61BN2O. The molecule has 2 aliphatic heterocycles. The third-order valence-corrected chi connectivity index (χ3v) is 15.8. The summed E-state index contributed by atoms with van der Waals surface area (Å²) in [6, 6.07) is 61.9. The highest BCUT2D eigenvalue weighted by Crippen LogP contribution is 2.51. The molecule has 1 aromatic heterocycles. The summed E-state index contributed by atoms with van der Waals surface area (Å²) in [5.41, 5.74) is 23.5. The molecule has 0 fully saturated rings. The van der Waals surface area contributed by atoms with Crippen molar-refractivity contribution in [3.63, 3.8) is 0 Å². The van der Waals surface area contributed by atoms with Crippen LogP contribution in [-0.2, 0) is 21.7 Å². The fourth-order valence-corrected chi connectivity index (χ4v) is 11.7. The van der Waals surface area contributed by atoms with Gasteiger partial charge in [-0.15, -0.1) is 0 Å². The van der Waals surface area contributed by atoms with Crippen LogP contribution in [-0.4, -0.2) is 6.71 Å². The van der Waals surface area contributed by atoms with Gasteiger partial charge < -0.3 is 14.2 Å². The Kier molecular flexibility index (Phi) is 9.30. The average Bonchev–Trinajstić information content (AvgIpc) is 3.71. The van der Waals surface area contributed by atoms with Crippen LogP contribution in [0.3, 0.4) is 0 Å². The first-order chi connectivity index (χ1) is 32.5. The molecule has 4 heteroatoms. The Balaban J connectivity index is 1.14. The zero-order valence-corrected chi connectivity index (χ0v) is 41.4. The minimum atomic E-state index is -0.122. The minimum Gasteiger partial charge on any atom is -0.455 e. The molecule has 0 spiro atoms. The normalized spacial score (nSPS) is 15.8. The van der Waals surface area contributed by atoms with Gasteiger partial charge in [0.1, 0.15) is 11.2 Å². The average molecular weight is 885 g/mol. The van der Waals surface area contributed by atoms with E-state index >= 15 is 0 Å². The topological polar surface area (TPSA) is 19.6 Å². The smallest absolute Gasteiger partial charge is 0.252 e. The van der Waals surface area contributed by atoms with Crippen LogP contribution in [0.5, 0.6) is 0 Å². The summed E-state index contributed by atoms with van der Waals surface area (Å²) in [5.74, 6) is 0. The lowest BCUT2D eigenvalue weighted by molar-refractivity contribution is 0.332. The predicted octanol–water partition coefficient (Wildman–Crippen LogP) is 15.9. The highest BCUT2D eigenvalue weighted by Gasteiger charge is 2.47. The zero-order valence-electron chi connectivity index (χ0n) is 41.4. The van der Waals surface area contributed by atoms with Gasteiger partial charge in [0, 0.05) is 50.5 Å². The summed E-state index contributed by atoms with van der Waals surface area (Å²) >= 11 is 0. The van der Waals surface area contributed by atoms with E-state index in [2.05, 4.69) is 243 Å². The zero-order chi connectivity index (χ0) is 47.1. The van der Waals surface area contributed by atoms with Gasteiger partial charge >= 0.3 is 0 Å². The fraction of sp³-hybridized carbons (Fsp3) is 0.250. The number of rotatable bonds is 4. The predicted molar refractivity (Wildman–Crippen MR) is 291 cm³/mol. The lowest BCUT2D eigenvalue weighted by atomic mass is 9.32. The maximum atomic E-state index is 6.57. The summed E-state index contributed by atoms with van der Waals surface area (Å²) in [7, 11) is 0. The Bertz CT molecular complexity index is 3470. The van der Waals surface area contributed by atoms with E-state index in [-0.39, 0.29) is 28.4 Å². The maximum Gasteiger partial charge on any atom is 0.252 e. The molecule has 0 bridgehead atoms. The molecule has 0 unspecified atom stereocenters. The number of anilines is 6. The largest absolute Gasteiger partial charge is 0.455 e. The number of fused-ring (bicyclic) bond motifs is 8. The van der Waals surface area contributed by atoms with Crippen molar-refractivity contribution in [3.8, 4) is 22.3 Å². The molecule has 3 nitrogen and oxygen atoms in total. The van der Waals surface area contributed by atoms with Gasteiger partial charge in [-0.3, -0.25) is 0 Å². The van der Waals surface area contributed by atoms with E-state index in [1.54, 1.807) is 0 Å². The molecule has 8 aromatic carbocycles. The standard InChI is InChI=1S/C64H61BN2O/c1-61(2,3)43-27-32-54-52(35-43)65-53-38-50-51(64(9,10)34-33-63(50,7)8)39-55(53)67(46-30-25-42(26-31-46)47-20-16-21-49-48-19-14-15-22-58(48)68-60(47)49)57-37-44(62(4,5)6)36-56(59(57)65)66(54)45-28-23-41(24-29-45)40-17-12-11-13-18-40/h11-32,35-39H,33-34H2,1-10H3. The number of para-hydroxylation sites is 2. The van der Waals surface area contributed by atoms with E-state index in [1.165, 1.54) is 72.5 Å². The Hall–Kier alpha value is -6.78. The molecule has 0 N–H and O–H groups in total. The van der Waals surface area contributed by atoms with Crippen LogP contribution in [0, 0.1) is 0 Å². The van der Waals surface area contributed by atoms with Crippen LogP contribution in [0.1, 0.15) is 104 Å². The molecule has 0 radical (unpaired) electrons. The molecule has 0 amide bonds. The van der Waals surface area contributed by atoms with Gasteiger partial charge in [-0.2, -0.15) is 0 Å². The molecule has 0 saturated heterocycles. The second-order valence-electron chi connectivity index (χ2n) is 23.3. The fourth-order valence-electron chi connectivity index (χ4n) is 11.7. The van der Waals surface area contributed by atoms with E-state index in [1.807, 2.05) is 0 Å². The maximum absolute atomic E-state index is 6.57. The second kappa shape index (κ2) is 14.9. The molecule has 3 heterocycles. The van der Waals surface area contributed by atoms with Gasteiger partial charge in [0.2, 0.25) is 0 Å². The van der Waals surface area contributed by atoms with E-state index in [4.69, 9.17) is 4.42 Å². The molecule has 1 aliphatic carbocycles. The van der Waals surface area contributed by atoms with Crippen molar-refractivity contribution in [2.75, 3.05) is 9.80 Å². The molecule has 9 aromatic rings. The Morgan fingerprint density at radius 3 is 1.65 bits per heavy atom. The van der Waals surface area contributed by atoms with Gasteiger partial charge in [0.15, 0.2) is 0 Å². The molecule has 336 valence electrons. The monoisotopic (exact) mass is 884 g/mol. The van der Waals surface area contributed by atoms with Gasteiger partial charge in [-0.1, -0.05) is 178 Å². The Morgan fingerprint density at radius 1 is 0.456 bits per heavy atom. The molecule has 0 atom stereocenters. The lowest BCUT2D eigenvalue weighted by Crippen LogP contribution is -2.62. The van der Waals surface area contributed by atoms with Gasteiger partial charge in [-0.25, -0.2) is 0 Å². The third kappa shape index (κ3) is 6.61. The van der Waals surface area contributed by atoms with Crippen molar-refractivity contribution in [2.24, 2.45) is 0 Å². The van der Waals surface area contributed by atoms with Crippen LogP contribution in [0.4, 0.5) is 34.1 Å². The second-order valence-corrected chi connectivity index (χ2v) is 23.3. The van der Waals surface area contributed by atoms with Gasteiger partial charge in [0.25, 0.3) is 6.71 Å². The molecule has 68 heavy (non-hydrogen) atoms. The SMILES string of the molecule is CC(C)(C)c1ccc2c(c1)B1c3cc4c(cc3N(c3ccc(-c5cccc6c5oc5ccccc56)cc3)c3cc(C(C)(C)C)cc(c31)N2c1ccc(-c2ccccc2)cc1)C(C)(C)CCC4(C)C. The van der Waals surface area contributed by atoms with Gasteiger partial charge in [-0.05, 0) is 144 Å². The summed E-state index contributed by atoms with van der Waals surface area (Å²) < 4.78 is 6.57. The van der Waals surface area contributed by atoms with Crippen molar-refractivity contribution in [1.29, 1.82) is 0 Å². The first kappa shape index (κ1) is 42.6. The van der Waals surface area contributed by atoms with Crippen LogP contribution in [0.2, 0.25) is 0 Å². The van der Waals surface area contributed by atoms with Gasteiger partial charge in [0.05, 0.1) is 0 Å². The van der Waals surface area contributed by atoms with Crippen molar-refractivity contribution < 1.29 is 4.42 Å². The highest BCUT2D eigenvalue weighted by atomic mass is 16.3. The summed E-state index contributed by atoms with van der Waals surface area (Å²) in [5, 5.41) is 2.30. The van der Waals surface area contributed by atoms with Crippen molar-refractivity contribution in [2.45, 2.75) is 104 Å². The van der Waals surface area contributed by atoms with Crippen molar-refractivity contribution in [3.05, 3.63) is 186 Å². The summed E-state index contributed by atoms with van der Waals surface area (Å²) in [6.07, 6.45) is 2.32. The minimum absolute atomic E-state index is 0.0218. The summed E-state index contributed by atoms with van der Waals surface area (Å²) in [6.45, 7) is 24.0. The number of benzene rings is 8. The van der Waals surface area contributed by atoms with Crippen molar-refractivity contribution >= 4 is 79.2 Å². The number of hydrogen-bond acceptors (Lipinski definition) is 3. The number of furan rings is 1. The molecule has 3 aliphatic rings. The Morgan fingerprint density at radius 2 is 1.00 bits per heavy atom. The van der Waals surface area contributed by atoms with Crippen LogP contribution >= 0.6 is 0 Å². The van der Waals surface area contributed by atoms with Crippen LogP contribution in [0.25, 0.3) is 44.2 Å². The highest BCUT2D eigenvalue weighted by molar-refractivity contribution is 7.00. The van der Waals surface area contributed by atoms with Crippen molar-refractivity contribution in [1.82, 2.24) is 0 Å². The Labute approximate surface area is 403 Å². The first-order valence-corrected chi connectivity index (χ1v) is 24.7. The third-order valence-electron chi connectivity index (χ3n) is 15.8. The van der Waals surface area contributed by atoms with E-state index in [9.17, 15) is 0 Å². The quantitative estimate of drug-likeness (QED) is 0.164. The van der Waals surface area contributed by atoms with E-state index in [0.717, 1.165) is 57.3 Å². The van der Waals surface area contributed by atoms with E-state index < -0.39 is 0 Å². The van der Waals surface area contributed by atoms with E-state index in [0.29, 0.717) is 0 Å². The first-order valence-electron chi connectivity index (χ1n) is 24.7. The summed E-state index contributed by atoms with van der Waals surface area (Å²) in [4.78, 5) is 5.20. The molecule has 0 saturated carbocycles. The number of nitrogens with zero attached hydrogens (tertiary/aromatic N) is 2. The molecular weight excluding hydrogens is 824 g/mol. The number of hydrogen-bond donors (Lipinski definition) is 0. The van der Waals surface area contributed by atoms with Crippen LogP contribution in [0.15, 0.2) is 168 Å². The van der Waals surface area contributed by atoms with Crippen LogP contribution < -0.4 is 26.2 Å². The lowest BCUT2D eigenvalue weighted by Gasteiger charge is -2.48. The molecule has 12 rings (SSSR count).